The fraction of sp³-hybridized carbons (Fsp3) is 0.360. The van der Waals surface area contributed by atoms with Gasteiger partial charge in [-0.25, -0.2) is 8.78 Å². The summed E-state index contributed by atoms with van der Waals surface area (Å²) in [5.74, 6) is -0.472. The molecule has 1 heterocycles. The van der Waals surface area contributed by atoms with Crippen molar-refractivity contribution in [3.63, 3.8) is 0 Å². The summed E-state index contributed by atoms with van der Waals surface area (Å²) in [6.07, 6.45) is 7.04. The van der Waals surface area contributed by atoms with Gasteiger partial charge in [0.05, 0.1) is 12.2 Å². The molecule has 0 unspecified atom stereocenters. The standard InChI is InChI=1S/C25H26F2OS/c1-2-5-17-8-10-19(11-9-17)20-14-21(26)25(22(27)15-20)23-12-13-24(29-23)28-16-18-6-3-4-7-18/h8-15,18H,2-7,16H2,1H3. The van der Waals surface area contributed by atoms with Gasteiger partial charge in [-0.05, 0) is 66.1 Å². The van der Waals surface area contributed by atoms with Crippen LogP contribution in [0.15, 0.2) is 48.5 Å². The molecule has 0 spiro atoms. The fourth-order valence-corrected chi connectivity index (χ4v) is 4.95. The first-order valence-corrected chi connectivity index (χ1v) is 11.3. The Morgan fingerprint density at radius 2 is 1.62 bits per heavy atom. The van der Waals surface area contributed by atoms with Gasteiger partial charge in [0.15, 0.2) is 5.06 Å². The van der Waals surface area contributed by atoms with E-state index in [1.54, 1.807) is 6.07 Å². The highest BCUT2D eigenvalue weighted by atomic mass is 32.1. The third-order valence-corrected chi connectivity index (χ3v) is 6.65. The average Bonchev–Trinajstić information content (AvgIpc) is 3.39. The van der Waals surface area contributed by atoms with Gasteiger partial charge in [0.1, 0.15) is 11.6 Å². The Labute approximate surface area is 175 Å². The lowest BCUT2D eigenvalue weighted by atomic mass is 10.00. The van der Waals surface area contributed by atoms with Crippen molar-refractivity contribution < 1.29 is 13.5 Å². The van der Waals surface area contributed by atoms with Crippen LogP contribution in [0.3, 0.4) is 0 Å². The second kappa shape index (κ2) is 9.08. The van der Waals surface area contributed by atoms with E-state index in [1.807, 2.05) is 30.3 Å². The summed E-state index contributed by atoms with van der Waals surface area (Å²) in [7, 11) is 0. The van der Waals surface area contributed by atoms with Gasteiger partial charge < -0.3 is 4.74 Å². The molecule has 152 valence electrons. The van der Waals surface area contributed by atoms with E-state index < -0.39 is 11.6 Å². The Morgan fingerprint density at radius 3 is 2.28 bits per heavy atom. The quantitative estimate of drug-likeness (QED) is 0.383. The van der Waals surface area contributed by atoms with Crippen LogP contribution in [0.4, 0.5) is 8.78 Å². The highest BCUT2D eigenvalue weighted by Crippen LogP contribution is 2.38. The van der Waals surface area contributed by atoms with E-state index in [4.69, 9.17) is 4.74 Å². The Balaban J connectivity index is 1.52. The SMILES string of the molecule is CCCc1ccc(-c2cc(F)c(-c3ccc(OCC4CCCC4)s3)c(F)c2)cc1. The summed E-state index contributed by atoms with van der Waals surface area (Å²) in [6.45, 7) is 2.82. The maximum Gasteiger partial charge on any atom is 0.174 e. The number of ether oxygens (including phenoxy) is 1. The van der Waals surface area contributed by atoms with Crippen LogP contribution < -0.4 is 4.74 Å². The molecule has 1 nitrogen and oxygen atoms in total. The molecule has 1 saturated carbocycles. The van der Waals surface area contributed by atoms with Crippen molar-refractivity contribution in [2.75, 3.05) is 6.61 Å². The van der Waals surface area contributed by atoms with Gasteiger partial charge in [0.2, 0.25) is 0 Å². The predicted octanol–water partition coefficient (Wildman–Crippen LogP) is 7.88. The molecule has 4 rings (SSSR count). The topological polar surface area (TPSA) is 9.23 Å². The minimum absolute atomic E-state index is 0.0251. The van der Waals surface area contributed by atoms with Crippen LogP contribution in [-0.4, -0.2) is 6.61 Å². The largest absolute Gasteiger partial charge is 0.484 e. The minimum atomic E-state index is -0.540. The number of thiophene rings is 1. The highest BCUT2D eigenvalue weighted by molar-refractivity contribution is 7.17. The third kappa shape index (κ3) is 4.69. The summed E-state index contributed by atoms with van der Waals surface area (Å²) in [4.78, 5) is 0.561. The molecule has 3 aromatic rings. The summed E-state index contributed by atoms with van der Waals surface area (Å²) < 4.78 is 35.6. The molecule has 2 aromatic carbocycles. The first kappa shape index (κ1) is 20.1. The Kier molecular flexibility index (Phi) is 6.29. The molecule has 1 aliphatic carbocycles. The van der Waals surface area contributed by atoms with Crippen molar-refractivity contribution in [3.8, 4) is 26.6 Å². The molecule has 0 N–H and O–H groups in total. The van der Waals surface area contributed by atoms with Crippen LogP contribution >= 0.6 is 11.3 Å². The zero-order valence-electron chi connectivity index (χ0n) is 16.7. The van der Waals surface area contributed by atoms with Crippen LogP contribution in [-0.2, 0) is 6.42 Å². The van der Waals surface area contributed by atoms with Crippen molar-refractivity contribution in [3.05, 3.63) is 65.7 Å². The van der Waals surface area contributed by atoms with E-state index in [2.05, 4.69) is 6.92 Å². The number of hydrogen-bond donors (Lipinski definition) is 0. The zero-order chi connectivity index (χ0) is 20.2. The Bertz CT molecular complexity index is 932. The average molecular weight is 413 g/mol. The molecule has 4 heteroatoms. The number of halogens is 2. The van der Waals surface area contributed by atoms with Crippen molar-refractivity contribution >= 4 is 11.3 Å². The lowest BCUT2D eigenvalue weighted by Crippen LogP contribution is -2.06. The van der Waals surface area contributed by atoms with Gasteiger partial charge in [-0.2, -0.15) is 0 Å². The van der Waals surface area contributed by atoms with E-state index in [-0.39, 0.29) is 5.56 Å². The maximum absolute atomic E-state index is 14.8. The normalized spacial score (nSPS) is 14.4. The van der Waals surface area contributed by atoms with Crippen molar-refractivity contribution in [2.24, 2.45) is 5.92 Å². The molecule has 29 heavy (non-hydrogen) atoms. The summed E-state index contributed by atoms with van der Waals surface area (Å²) in [5.41, 5.74) is 2.64. The summed E-state index contributed by atoms with van der Waals surface area (Å²) in [5, 5.41) is 0.723. The number of benzene rings is 2. The predicted molar refractivity (Wildman–Crippen MR) is 117 cm³/mol. The monoisotopic (exact) mass is 412 g/mol. The number of rotatable bonds is 7. The molecule has 1 aromatic heterocycles. The van der Waals surface area contributed by atoms with Gasteiger partial charge in [-0.1, -0.05) is 61.8 Å². The van der Waals surface area contributed by atoms with Gasteiger partial charge >= 0.3 is 0 Å². The van der Waals surface area contributed by atoms with Gasteiger partial charge in [0, 0.05) is 4.88 Å². The first-order valence-electron chi connectivity index (χ1n) is 10.5. The van der Waals surface area contributed by atoms with Crippen LogP contribution in [0.5, 0.6) is 5.06 Å². The highest BCUT2D eigenvalue weighted by Gasteiger charge is 2.18. The molecular weight excluding hydrogens is 386 g/mol. The fourth-order valence-electron chi connectivity index (χ4n) is 4.04. The summed E-state index contributed by atoms with van der Waals surface area (Å²) in [6, 6.07) is 14.3. The molecule has 0 saturated heterocycles. The maximum atomic E-state index is 14.8. The van der Waals surface area contributed by atoms with E-state index in [0.29, 0.717) is 23.0 Å². The lowest BCUT2D eigenvalue weighted by Gasteiger charge is -2.09. The van der Waals surface area contributed by atoms with E-state index in [0.717, 1.165) is 23.5 Å². The zero-order valence-corrected chi connectivity index (χ0v) is 17.5. The second-order valence-electron chi connectivity index (χ2n) is 7.84. The van der Waals surface area contributed by atoms with E-state index in [1.165, 1.54) is 54.7 Å². The Morgan fingerprint density at radius 1 is 0.931 bits per heavy atom. The van der Waals surface area contributed by atoms with Gasteiger partial charge in [-0.15, -0.1) is 0 Å². The molecule has 0 aliphatic heterocycles. The molecule has 0 atom stereocenters. The molecule has 0 radical (unpaired) electrons. The Hall–Kier alpha value is -2.20. The lowest BCUT2D eigenvalue weighted by molar-refractivity contribution is 0.259. The molecule has 0 bridgehead atoms. The molecular formula is C25H26F2OS. The van der Waals surface area contributed by atoms with E-state index in [9.17, 15) is 8.78 Å². The van der Waals surface area contributed by atoms with Crippen LogP contribution in [0.25, 0.3) is 21.6 Å². The van der Waals surface area contributed by atoms with Gasteiger partial charge in [-0.3, -0.25) is 0 Å². The molecule has 1 aliphatic rings. The van der Waals surface area contributed by atoms with Crippen molar-refractivity contribution in [2.45, 2.75) is 45.4 Å². The third-order valence-electron chi connectivity index (χ3n) is 5.63. The first-order chi connectivity index (χ1) is 14.1. The van der Waals surface area contributed by atoms with Crippen LogP contribution in [0, 0.1) is 17.6 Å². The minimum Gasteiger partial charge on any atom is -0.484 e. The van der Waals surface area contributed by atoms with Crippen LogP contribution in [0.1, 0.15) is 44.6 Å². The van der Waals surface area contributed by atoms with Gasteiger partial charge in [0.25, 0.3) is 0 Å². The molecule has 1 fully saturated rings. The van der Waals surface area contributed by atoms with Crippen molar-refractivity contribution in [1.29, 1.82) is 0 Å². The number of hydrogen-bond acceptors (Lipinski definition) is 2. The molecule has 0 amide bonds. The second-order valence-corrected chi connectivity index (χ2v) is 8.89. The smallest absolute Gasteiger partial charge is 0.174 e. The van der Waals surface area contributed by atoms with Crippen molar-refractivity contribution in [1.82, 2.24) is 0 Å². The van der Waals surface area contributed by atoms with Crippen LogP contribution in [0.2, 0.25) is 0 Å². The van der Waals surface area contributed by atoms with E-state index >= 15 is 0 Å². The number of aryl methyl sites for hydroxylation is 1. The summed E-state index contributed by atoms with van der Waals surface area (Å²) >= 11 is 1.30.